The Morgan fingerprint density at radius 1 is 1.38 bits per heavy atom. The molecule has 0 spiro atoms. The summed E-state index contributed by atoms with van der Waals surface area (Å²) >= 11 is 6.89. The molecule has 24 heavy (non-hydrogen) atoms. The highest BCUT2D eigenvalue weighted by Crippen LogP contribution is 2.34. The molecule has 0 aliphatic rings. The van der Waals surface area contributed by atoms with Crippen LogP contribution in [0.25, 0.3) is 0 Å². The van der Waals surface area contributed by atoms with Crippen LogP contribution in [0.2, 0.25) is 0 Å². The van der Waals surface area contributed by atoms with Gasteiger partial charge in [-0.1, -0.05) is 6.92 Å². The molecule has 6 nitrogen and oxygen atoms in total. The number of carbonyl (C=O) groups is 1. The van der Waals surface area contributed by atoms with Gasteiger partial charge in [-0.3, -0.25) is 4.68 Å². The highest BCUT2D eigenvalue weighted by atomic mass is 32.1. The molecule has 0 unspecified atom stereocenters. The van der Waals surface area contributed by atoms with Crippen molar-refractivity contribution in [2.24, 2.45) is 0 Å². The van der Waals surface area contributed by atoms with Crippen molar-refractivity contribution in [1.82, 2.24) is 9.78 Å². The first-order valence-corrected chi connectivity index (χ1v) is 8.96. The van der Waals surface area contributed by atoms with Crippen LogP contribution in [0.15, 0.2) is 6.20 Å². The number of thiophene rings is 1. The van der Waals surface area contributed by atoms with Crippen molar-refractivity contribution in [3.05, 3.63) is 27.9 Å². The molecule has 2 heterocycles. The van der Waals surface area contributed by atoms with Gasteiger partial charge in [0, 0.05) is 11.4 Å². The fourth-order valence-electron chi connectivity index (χ4n) is 2.56. The van der Waals surface area contributed by atoms with Crippen molar-refractivity contribution >= 4 is 45.3 Å². The lowest BCUT2D eigenvalue weighted by Gasteiger charge is -2.11. The van der Waals surface area contributed by atoms with Crippen LogP contribution < -0.4 is 10.6 Å². The number of carbonyl (C=O) groups excluding carboxylic acids is 1. The molecule has 8 heteroatoms. The number of hydrogen-bond acceptors (Lipinski definition) is 5. The minimum atomic E-state index is -0.350. The second-order valence-electron chi connectivity index (χ2n) is 5.22. The fraction of sp³-hybridized carbons (Fsp3) is 0.438. The molecule has 0 radical (unpaired) electrons. The van der Waals surface area contributed by atoms with Gasteiger partial charge in [0.25, 0.3) is 0 Å². The molecule has 0 atom stereocenters. The van der Waals surface area contributed by atoms with E-state index in [2.05, 4.69) is 15.7 Å². The summed E-state index contributed by atoms with van der Waals surface area (Å²) in [4.78, 5) is 13.2. The van der Waals surface area contributed by atoms with Crippen LogP contribution in [0.1, 0.15) is 40.3 Å². The Kier molecular flexibility index (Phi) is 5.95. The quantitative estimate of drug-likeness (QED) is 0.621. The van der Waals surface area contributed by atoms with E-state index in [0.29, 0.717) is 15.7 Å². The predicted octanol–water partition coefficient (Wildman–Crippen LogP) is 3.74. The first kappa shape index (κ1) is 18.4. The minimum Gasteiger partial charge on any atom is -0.465 e. The smallest absolute Gasteiger partial charge is 0.341 e. The monoisotopic (exact) mass is 366 g/mol. The van der Waals surface area contributed by atoms with Gasteiger partial charge in [0.1, 0.15) is 5.00 Å². The Labute approximate surface area is 151 Å². The van der Waals surface area contributed by atoms with Crippen LogP contribution in [-0.2, 0) is 17.7 Å². The number of thiocarbonyl (C=S) groups is 1. The molecule has 2 rings (SSSR count). The van der Waals surface area contributed by atoms with Crippen molar-refractivity contribution in [2.75, 3.05) is 17.7 Å². The first-order valence-electron chi connectivity index (χ1n) is 7.73. The molecule has 0 fully saturated rings. The molecule has 2 N–H and O–H groups in total. The number of nitrogens with one attached hydrogen (secondary N) is 2. The molecule has 0 aliphatic carbocycles. The summed E-state index contributed by atoms with van der Waals surface area (Å²) in [5, 5.41) is 11.7. The predicted molar refractivity (Wildman–Crippen MR) is 102 cm³/mol. The van der Waals surface area contributed by atoms with Crippen LogP contribution in [0, 0.1) is 13.8 Å². The van der Waals surface area contributed by atoms with E-state index in [9.17, 15) is 4.79 Å². The van der Waals surface area contributed by atoms with E-state index in [1.165, 1.54) is 18.4 Å². The van der Waals surface area contributed by atoms with E-state index in [1.807, 2.05) is 32.4 Å². The van der Waals surface area contributed by atoms with Crippen molar-refractivity contribution in [1.29, 1.82) is 0 Å². The molecule has 0 aliphatic heterocycles. The number of hydrogen-bond donors (Lipinski definition) is 2. The standard InChI is InChI=1S/C16H22N4O2S2/c1-6-11-10(4)24-14(13(11)15(21)22-5)19-16(23)18-12-8-17-20(7-2)9(12)3/h8H,6-7H2,1-5H3,(H2,18,19,23). The van der Waals surface area contributed by atoms with E-state index in [0.717, 1.165) is 34.8 Å². The summed E-state index contributed by atoms with van der Waals surface area (Å²) in [6, 6.07) is 0. The van der Waals surface area contributed by atoms with Crippen LogP contribution in [0.4, 0.5) is 10.7 Å². The molecule has 130 valence electrons. The average Bonchev–Trinajstić information content (AvgIpc) is 3.06. The number of methoxy groups -OCH3 is 1. The number of ether oxygens (including phenoxy) is 1. The normalized spacial score (nSPS) is 10.5. The van der Waals surface area contributed by atoms with Crippen molar-refractivity contribution < 1.29 is 9.53 Å². The van der Waals surface area contributed by atoms with E-state index < -0.39 is 0 Å². The lowest BCUT2D eigenvalue weighted by atomic mass is 10.1. The van der Waals surface area contributed by atoms with Gasteiger partial charge in [-0.15, -0.1) is 11.3 Å². The summed E-state index contributed by atoms with van der Waals surface area (Å²) in [6.45, 7) is 8.82. The second kappa shape index (κ2) is 7.76. The van der Waals surface area contributed by atoms with Gasteiger partial charge < -0.3 is 15.4 Å². The maximum Gasteiger partial charge on any atom is 0.341 e. The third-order valence-electron chi connectivity index (χ3n) is 3.83. The van der Waals surface area contributed by atoms with Crippen LogP contribution in [-0.4, -0.2) is 28.0 Å². The van der Waals surface area contributed by atoms with E-state index >= 15 is 0 Å². The van der Waals surface area contributed by atoms with Crippen LogP contribution >= 0.6 is 23.6 Å². The Morgan fingerprint density at radius 2 is 2.08 bits per heavy atom. The van der Waals surface area contributed by atoms with Crippen molar-refractivity contribution in [3.8, 4) is 0 Å². The zero-order valence-corrected chi connectivity index (χ0v) is 16.2. The summed E-state index contributed by atoms with van der Waals surface area (Å²) < 4.78 is 6.80. The van der Waals surface area contributed by atoms with Crippen LogP contribution in [0.5, 0.6) is 0 Å². The number of aromatic nitrogens is 2. The maximum atomic E-state index is 12.1. The highest BCUT2D eigenvalue weighted by Gasteiger charge is 2.22. The molecule has 0 saturated heterocycles. The SMILES string of the molecule is CCc1c(C)sc(NC(=S)Nc2cnn(CC)c2C)c1C(=O)OC. The zero-order valence-electron chi connectivity index (χ0n) is 14.5. The zero-order chi connectivity index (χ0) is 17.9. The minimum absolute atomic E-state index is 0.350. The number of rotatable bonds is 5. The van der Waals surface area contributed by atoms with Crippen molar-refractivity contribution in [3.63, 3.8) is 0 Å². The Hall–Kier alpha value is -1.93. The van der Waals surface area contributed by atoms with Crippen molar-refractivity contribution in [2.45, 2.75) is 40.7 Å². The lowest BCUT2D eigenvalue weighted by Crippen LogP contribution is -2.20. The number of aryl methyl sites for hydroxylation is 2. The number of anilines is 2. The molecule has 0 saturated carbocycles. The average molecular weight is 367 g/mol. The number of nitrogens with zero attached hydrogens (tertiary/aromatic N) is 2. The lowest BCUT2D eigenvalue weighted by molar-refractivity contribution is 0.0601. The molecule has 0 aromatic carbocycles. The summed E-state index contributed by atoms with van der Waals surface area (Å²) in [7, 11) is 1.39. The fourth-order valence-corrected chi connectivity index (χ4v) is 3.97. The second-order valence-corrected chi connectivity index (χ2v) is 6.86. The summed E-state index contributed by atoms with van der Waals surface area (Å²) in [5.74, 6) is -0.350. The third-order valence-corrected chi connectivity index (χ3v) is 5.10. The van der Waals surface area contributed by atoms with E-state index in [4.69, 9.17) is 17.0 Å². The molecular formula is C16H22N4O2S2. The topological polar surface area (TPSA) is 68.2 Å². The highest BCUT2D eigenvalue weighted by molar-refractivity contribution is 7.80. The van der Waals surface area contributed by atoms with Gasteiger partial charge in [0.05, 0.1) is 30.3 Å². The van der Waals surface area contributed by atoms with Gasteiger partial charge in [0.2, 0.25) is 0 Å². The first-order chi connectivity index (χ1) is 11.4. The Bertz CT molecular complexity index is 764. The summed E-state index contributed by atoms with van der Waals surface area (Å²) in [5.41, 5.74) is 3.41. The van der Waals surface area contributed by atoms with Gasteiger partial charge in [-0.2, -0.15) is 5.10 Å². The van der Waals surface area contributed by atoms with Gasteiger partial charge >= 0.3 is 5.97 Å². The van der Waals surface area contributed by atoms with E-state index in [1.54, 1.807) is 6.20 Å². The Balaban J connectivity index is 2.22. The molecule has 0 amide bonds. The maximum absolute atomic E-state index is 12.1. The van der Waals surface area contributed by atoms with Crippen LogP contribution in [0.3, 0.4) is 0 Å². The van der Waals surface area contributed by atoms with Gasteiger partial charge in [-0.05, 0) is 45.0 Å². The summed E-state index contributed by atoms with van der Waals surface area (Å²) in [6.07, 6.45) is 2.50. The number of esters is 1. The molecular weight excluding hydrogens is 344 g/mol. The third kappa shape index (κ3) is 3.59. The molecule has 0 bridgehead atoms. The van der Waals surface area contributed by atoms with E-state index in [-0.39, 0.29) is 5.97 Å². The van der Waals surface area contributed by atoms with Gasteiger partial charge in [-0.25, -0.2) is 4.79 Å². The van der Waals surface area contributed by atoms with Gasteiger partial charge in [0.15, 0.2) is 5.11 Å². The molecule has 2 aromatic heterocycles. The Morgan fingerprint density at radius 3 is 2.62 bits per heavy atom. The largest absolute Gasteiger partial charge is 0.465 e. The molecule has 2 aromatic rings.